The Kier molecular flexibility index (Phi) is 15.4. The van der Waals surface area contributed by atoms with E-state index in [-0.39, 0.29) is 62.4 Å². The Balaban J connectivity index is 0. The van der Waals surface area contributed by atoms with Crippen molar-refractivity contribution in [3.63, 3.8) is 0 Å². The summed E-state index contributed by atoms with van der Waals surface area (Å²) in [7, 11) is 1.28. The number of hydrogen-bond donors (Lipinski definition) is 3. The van der Waals surface area contributed by atoms with Crippen molar-refractivity contribution in [1.29, 1.82) is 0 Å². The maximum Gasteiger partial charge on any atom is 1.00 e. The number of methoxy groups -OCH3 is 1. The first-order valence-electron chi connectivity index (χ1n) is 11.5. The van der Waals surface area contributed by atoms with E-state index in [1.807, 2.05) is 0 Å². The van der Waals surface area contributed by atoms with Gasteiger partial charge >= 0.3 is 43.0 Å². The third-order valence-corrected chi connectivity index (χ3v) is 5.31. The molecule has 14 heteroatoms. The number of carbonyl (C=O) groups is 4. The summed E-state index contributed by atoms with van der Waals surface area (Å²) in [5, 5.41) is 27.2. The SMILES string of the molecule is CC(C)(C)OC(=O)N1C[C@H](CO)C[C@H]1C(=O)O.COC(=O)[C@@H]1C[C@@H](CO)CN1C(=O)OC(C)(C)C.[Li+].[OH-]. The molecule has 2 saturated heterocycles. The van der Waals surface area contributed by atoms with E-state index in [2.05, 4.69) is 4.74 Å². The minimum atomic E-state index is -1.06. The Morgan fingerprint density at radius 1 is 0.784 bits per heavy atom. The first kappa shape index (κ1) is 37.1. The molecule has 210 valence electrons. The number of aliphatic carboxylic acids is 1. The Bertz CT molecular complexity index is 767. The Hall–Kier alpha value is -2.04. The van der Waals surface area contributed by atoms with Crippen LogP contribution in [0.3, 0.4) is 0 Å². The van der Waals surface area contributed by atoms with Crippen LogP contribution in [0.4, 0.5) is 9.59 Å². The first-order valence-corrected chi connectivity index (χ1v) is 11.5. The Labute approximate surface area is 229 Å². The predicted molar refractivity (Wildman–Crippen MR) is 125 cm³/mol. The van der Waals surface area contributed by atoms with E-state index in [9.17, 15) is 19.2 Å². The summed E-state index contributed by atoms with van der Waals surface area (Å²) in [4.78, 5) is 48.9. The zero-order chi connectivity index (χ0) is 27.1. The number of amides is 2. The quantitative estimate of drug-likeness (QED) is 0.214. The number of nitrogens with zero attached hydrogens (tertiary/aromatic N) is 2. The molecule has 0 aromatic carbocycles. The molecule has 0 aromatic rings. The molecule has 2 amide bonds. The second-order valence-electron chi connectivity index (χ2n) is 10.7. The van der Waals surface area contributed by atoms with Gasteiger partial charge in [0.2, 0.25) is 0 Å². The van der Waals surface area contributed by atoms with Gasteiger partial charge in [-0.1, -0.05) is 0 Å². The summed E-state index contributed by atoms with van der Waals surface area (Å²) in [6.45, 7) is 10.8. The number of rotatable bonds is 4. The standard InChI is InChI=1S/C12H21NO5.C11H19NO5.Li.H2O/c1-12(2,3)18-11(16)13-6-8(7-14)5-9(13)10(15)17-4;1-11(2,3)17-10(16)12-5-7(6-13)4-8(12)9(14)15;;/h8-9,14H,5-7H2,1-4H3;7-8,13H,4-6H2,1-3H3,(H,14,15);;1H2/q;;+1;/p-1/t8-,9+;7-,8+;;/m11../s1. The number of esters is 1. The van der Waals surface area contributed by atoms with Gasteiger partial charge in [-0.2, -0.15) is 0 Å². The molecule has 13 nitrogen and oxygen atoms in total. The number of aliphatic hydroxyl groups is 2. The van der Waals surface area contributed by atoms with Crippen molar-refractivity contribution in [2.24, 2.45) is 11.8 Å². The summed E-state index contributed by atoms with van der Waals surface area (Å²) in [6.07, 6.45) is -0.511. The van der Waals surface area contributed by atoms with Gasteiger partial charge in [-0.25, -0.2) is 19.2 Å². The number of carboxylic acid groups (broad SMARTS) is 1. The van der Waals surface area contributed by atoms with Crippen molar-refractivity contribution in [2.45, 2.75) is 77.7 Å². The molecule has 2 heterocycles. The van der Waals surface area contributed by atoms with Crippen molar-refractivity contribution >= 4 is 24.1 Å². The van der Waals surface area contributed by atoms with E-state index in [1.54, 1.807) is 41.5 Å². The van der Waals surface area contributed by atoms with Gasteiger partial charge in [0.1, 0.15) is 23.3 Å². The monoisotopic (exact) mass is 528 g/mol. The van der Waals surface area contributed by atoms with E-state index in [4.69, 9.17) is 24.8 Å². The molecule has 0 saturated carbocycles. The molecule has 0 aromatic heterocycles. The van der Waals surface area contributed by atoms with Crippen LogP contribution in [-0.4, -0.2) is 111 Å². The van der Waals surface area contributed by atoms with E-state index in [0.29, 0.717) is 13.0 Å². The van der Waals surface area contributed by atoms with Gasteiger partial charge in [0.05, 0.1) is 7.11 Å². The van der Waals surface area contributed by atoms with E-state index in [0.717, 1.165) is 0 Å². The molecular formula is C23H41LiN2O11. The number of likely N-dealkylation sites (tertiary alicyclic amines) is 2. The Morgan fingerprint density at radius 2 is 1.14 bits per heavy atom. The number of aliphatic hydroxyl groups excluding tert-OH is 2. The van der Waals surface area contributed by atoms with Gasteiger partial charge in [-0.05, 0) is 54.4 Å². The minimum absolute atomic E-state index is 0. The molecule has 0 radical (unpaired) electrons. The predicted octanol–water partition coefficient (Wildman–Crippen LogP) is -1.71. The van der Waals surface area contributed by atoms with Gasteiger partial charge in [0.15, 0.2) is 0 Å². The maximum absolute atomic E-state index is 12.0. The summed E-state index contributed by atoms with van der Waals surface area (Å²) < 4.78 is 15.0. The fourth-order valence-electron chi connectivity index (χ4n) is 3.75. The van der Waals surface area contributed by atoms with Gasteiger partial charge < -0.3 is 35.0 Å². The van der Waals surface area contributed by atoms with Crippen molar-refractivity contribution in [3.8, 4) is 0 Å². The average molecular weight is 529 g/mol. The summed E-state index contributed by atoms with van der Waals surface area (Å²) in [5.41, 5.74) is -1.27. The van der Waals surface area contributed by atoms with Crippen LogP contribution in [0.15, 0.2) is 0 Å². The molecule has 2 rings (SSSR count). The zero-order valence-corrected chi connectivity index (χ0v) is 23.1. The largest absolute Gasteiger partial charge is 1.00 e. The maximum atomic E-state index is 12.0. The second-order valence-corrected chi connectivity index (χ2v) is 10.7. The van der Waals surface area contributed by atoms with Crippen molar-refractivity contribution in [2.75, 3.05) is 33.4 Å². The van der Waals surface area contributed by atoms with Crippen LogP contribution >= 0.6 is 0 Å². The van der Waals surface area contributed by atoms with Crippen LogP contribution in [0.1, 0.15) is 54.4 Å². The molecule has 37 heavy (non-hydrogen) atoms. The number of ether oxygens (including phenoxy) is 3. The van der Waals surface area contributed by atoms with Crippen LogP contribution in [0.5, 0.6) is 0 Å². The average Bonchev–Trinajstić information content (AvgIpc) is 3.36. The normalized spacial score (nSPS) is 23.1. The molecule has 4 N–H and O–H groups in total. The molecule has 0 aliphatic carbocycles. The number of carboxylic acids is 1. The fraction of sp³-hybridized carbons (Fsp3) is 0.826. The second kappa shape index (κ2) is 15.4. The van der Waals surface area contributed by atoms with Gasteiger partial charge in [-0.3, -0.25) is 9.80 Å². The molecule has 0 unspecified atom stereocenters. The molecule has 0 spiro atoms. The third kappa shape index (κ3) is 11.9. The van der Waals surface area contributed by atoms with E-state index < -0.39 is 47.4 Å². The molecule has 2 fully saturated rings. The van der Waals surface area contributed by atoms with Crippen LogP contribution in [-0.2, 0) is 23.8 Å². The van der Waals surface area contributed by atoms with Crippen LogP contribution < -0.4 is 18.9 Å². The minimum Gasteiger partial charge on any atom is -0.870 e. The van der Waals surface area contributed by atoms with Crippen LogP contribution in [0.25, 0.3) is 0 Å². The zero-order valence-electron chi connectivity index (χ0n) is 23.1. The van der Waals surface area contributed by atoms with Crippen molar-refractivity contribution in [3.05, 3.63) is 0 Å². The fourth-order valence-corrected chi connectivity index (χ4v) is 3.75. The molecule has 2 aliphatic heterocycles. The molecule has 2 aliphatic rings. The molecule has 4 atom stereocenters. The van der Waals surface area contributed by atoms with Gasteiger partial charge in [-0.15, -0.1) is 0 Å². The first-order chi connectivity index (χ1) is 16.0. The number of carbonyl (C=O) groups excluding carboxylic acids is 3. The summed E-state index contributed by atoms with van der Waals surface area (Å²) in [6, 6.07) is -1.57. The van der Waals surface area contributed by atoms with E-state index >= 15 is 0 Å². The molecule has 0 bridgehead atoms. The van der Waals surface area contributed by atoms with Crippen LogP contribution in [0, 0.1) is 11.8 Å². The summed E-state index contributed by atoms with van der Waals surface area (Å²) >= 11 is 0. The third-order valence-electron chi connectivity index (χ3n) is 5.31. The topological polar surface area (TPSA) is 193 Å². The van der Waals surface area contributed by atoms with Crippen molar-refractivity contribution < 1.29 is 73.0 Å². The van der Waals surface area contributed by atoms with E-state index in [1.165, 1.54) is 16.9 Å². The smallest absolute Gasteiger partial charge is 0.870 e. The van der Waals surface area contributed by atoms with Gasteiger partial charge in [0.25, 0.3) is 0 Å². The van der Waals surface area contributed by atoms with Crippen LogP contribution in [0.2, 0.25) is 0 Å². The van der Waals surface area contributed by atoms with Gasteiger partial charge in [0, 0.05) is 38.1 Å². The molecular weight excluding hydrogens is 487 g/mol. The summed E-state index contributed by atoms with van der Waals surface area (Å²) in [5.74, 6) is -1.84. The Morgan fingerprint density at radius 3 is 1.43 bits per heavy atom. The van der Waals surface area contributed by atoms with Crippen molar-refractivity contribution in [1.82, 2.24) is 9.80 Å². The number of hydrogen-bond acceptors (Lipinski definition) is 10.